The number of rotatable bonds is 3. The Kier molecular flexibility index (Phi) is 3.44. The van der Waals surface area contributed by atoms with E-state index in [9.17, 15) is 8.42 Å². The SMILES string of the molecule is COC1CCCN(S(=O)(=O)c2c(N)nc3sccn23)C1. The van der Waals surface area contributed by atoms with Gasteiger partial charge in [0, 0.05) is 31.8 Å². The molecule has 2 N–H and O–H groups in total. The summed E-state index contributed by atoms with van der Waals surface area (Å²) < 4.78 is 33.8. The van der Waals surface area contributed by atoms with Gasteiger partial charge in [0.2, 0.25) is 0 Å². The summed E-state index contributed by atoms with van der Waals surface area (Å²) in [7, 11) is -2.05. The first kappa shape index (κ1) is 13.8. The van der Waals surface area contributed by atoms with Crippen molar-refractivity contribution in [3.63, 3.8) is 0 Å². The molecule has 2 aromatic heterocycles. The minimum Gasteiger partial charge on any atom is -0.381 e. The smallest absolute Gasteiger partial charge is 0.262 e. The molecule has 0 spiro atoms. The predicted octanol–water partition coefficient (Wildman–Crippen LogP) is 0.778. The zero-order valence-electron chi connectivity index (χ0n) is 11.0. The number of nitrogens with two attached hydrogens (primary N) is 1. The highest BCUT2D eigenvalue weighted by molar-refractivity contribution is 7.89. The van der Waals surface area contributed by atoms with Crippen LogP contribution in [-0.2, 0) is 14.8 Å². The van der Waals surface area contributed by atoms with Crippen molar-refractivity contribution in [2.24, 2.45) is 0 Å². The third kappa shape index (κ3) is 2.10. The van der Waals surface area contributed by atoms with E-state index in [0.29, 0.717) is 18.1 Å². The first-order valence-corrected chi connectivity index (χ1v) is 8.60. The standard InChI is InChI=1S/C11H16N4O3S2/c1-18-8-3-2-4-14(7-8)20(16,17)10-9(12)13-11-15(10)5-6-19-11/h5-6,8H,2-4,7,12H2,1H3. The van der Waals surface area contributed by atoms with Crippen molar-refractivity contribution in [2.45, 2.75) is 24.0 Å². The molecular formula is C11H16N4O3S2. The first-order chi connectivity index (χ1) is 9.54. The van der Waals surface area contributed by atoms with Gasteiger partial charge in [0.25, 0.3) is 10.0 Å². The fourth-order valence-corrected chi connectivity index (χ4v) is 4.94. The Bertz CT molecular complexity index is 721. The molecule has 1 aliphatic heterocycles. The molecule has 0 radical (unpaired) electrons. The summed E-state index contributed by atoms with van der Waals surface area (Å²) in [5.74, 6) is 0.0522. The number of sulfonamides is 1. The number of hydrogen-bond acceptors (Lipinski definition) is 6. The van der Waals surface area contributed by atoms with Crippen LogP contribution in [0.25, 0.3) is 4.96 Å². The zero-order chi connectivity index (χ0) is 14.3. The summed E-state index contributed by atoms with van der Waals surface area (Å²) in [6.45, 7) is 0.842. The van der Waals surface area contributed by atoms with Gasteiger partial charge in [0.1, 0.15) is 0 Å². The maximum Gasteiger partial charge on any atom is 0.262 e. The number of imidazole rings is 1. The van der Waals surface area contributed by atoms with Crippen LogP contribution >= 0.6 is 11.3 Å². The van der Waals surface area contributed by atoms with Gasteiger partial charge in [-0.05, 0) is 12.8 Å². The lowest BCUT2D eigenvalue weighted by Gasteiger charge is -2.30. The van der Waals surface area contributed by atoms with Gasteiger partial charge in [0.15, 0.2) is 15.8 Å². The van der Waals surface area contributed by atoms with Gasteiger partial charge in [-0.25, -0.2) is 13.4 Å². The number of piperidine rings is 1. The molecule has 7 nitrogen and oxygen atoms in total. The molecule has 20 heavy (non-hydrogen) atoms. The first-order valence-electron chi connectivity index (χ1n) is 6.28. The van der Waals surface area contributed by atoms with E-state index in [1.807, 2.05) is 0 Å². The molecule has 0 saturated carbocycles. The summed E-state index contributed by atoms with van der Waals surface area (Å²) in [6, 6.07) is 0. The minimum absolute atomic E-state index is 0.0522. The Morgan fingerprint density at radius 1 is 1.55 bits per heavy atom. The van der Waals surface area contributed by atoms with Crippen molar-refractivity contribution in [1.29, 1.82) is 0 Å². The van der Waals surface area contributed by atoms with Gasteiger partial charge >= 0.3 is 0 Å². The maximum absolute atomic E-state index is 12.8. The molecule has 0 bridgehead atoms. The molecule has 1 saturated heterocycles. The van der Waals surface area contributed by atoms with Gasteiger partial charge in [-0.15, -0.1) is 11.3 Å². The molecule has 9 heteroatoms. The van der Waals surface area contributed by atoms with Gasteiger partial charge in [0.05, 0.1) is 6.10 Å². The van der Waals surface area contributed by atoms with Crippen LogP contribution in [0.15, 0.2) is 16.6 Å². The topological polar surface area (TPSA) is 89.9 Å². The summed E-state index contributed by atoms with van der Waals surface area (Å²) in [5, 5.41) is 1.85. The van der Waals surface area contributed by atoms with Gasteiger partial charge in [-0.1, -0.05) is 0 Å². The number of methoxy groups -OCH3 is 1. The Morgan fingerprint density at radius 2 is 2.35 bits per heavy atom. The molecule has 0 amide bonds. The molecule has 1 unspecified atom stereocenters. The molecule has 3 heterocycles. The fraction of sp³-hybridized carbons (Fsp3) is 0.545. The van der Waals surface area contributed by atoms with E-state index < -0.39 is 10.0 Å². The van der Waals surface area contributed by atoms with Crippen LogP contribution in [0.5, 0.6) is 0 Å². The molecular weight excluding hydrogens is 300 g/mol. The summed E-state index contributed by atoms with van der Waals surface area (Å²) in [4.78, 5) is 4.68. The van der Waals surface area contributed by atoms with Crippen LogP contribution in [0.3, 0.4) is 0 Å². The number of thiazole rings is 1. The van der Waals surface area contributed by atoms with Crippen molar-refractivity contribution in [1.82, 2.24) is 13.7 Å². The van der Waals surface area contributed by atoms with Gasteiger partial charge in [-0.3, -0.25) is 4.40 Å². The normalized spacial score (nSPS) is 21.6. The van der Waals surface area contributed by atoms with Gasteiger partial charge < -0.3 is 10.5 Å². The second-order valence-corrected chi connectivity index (χ2v) is 7.45. The van der Waals surface area contributed by atoms with Crippen LogP contribution in [0, 0.1) is 0 Å². The fourth-order valence-electron chi connectivity index (χ4n) is 2.48. The maximum atomic E-state index is 12.8. The second-order valence-electron chi connectivity index (χ2n) is 4.72. The van der Waals surface area contributed by atoms with Crippen LogP contribution in [0.1, 0.15) is 12.8 Å². The number of fused-ring (bicyclic) bond motifs is 1. The van der Waals surface area contributed by atoms with Crippen molar-refractivity contribution >= 4 is 32.1 Å². The number of nitrogen functional groups attached to an aromatic ring is 1. The molecule has 1 atom stereocenters. The third-order valence-corrected chi connectivity index (χ3v) is 6.16. The zero-order valence-corrected chi connectivity index (χ0v) is 12.7. The van der Waals surface area contributed by atoms with Crippen molar-refractivity contribution in [3.05, 3.63) is 11.6 Å². The van der Waals surface area contributed by atoms with E-state index in [-0.39, 0.29) is 16.9 Å². The number of nitrogens with zero attached hydrogens (tertiary/aromatic N) is 3. The third-order valence-electron chi connectivity index (χ3n) is 3.50. The lowest BCUT2D eigenvalue weighted by atomic mass is 10.1. The molecule has 1 aliphatic rings. The van der Waals surface area contributed by atoms with Crippen LogP contribution in [0.4, 0.5) is 5.82 Å². The quantitative estimate of drug-likeness (QED) is 0.903. The van der Waals surface area contributed by atoms with E-state index in [1.54, 1.807) is 18.7 Å². The summed E-state index contributed by atoms with van der Waals surface area (Å²) >= 11 is 1.35. The van der Waals surface area contributed by atoms with Gasteiger partial charge in [-0.2, -0.15) is 4.31 Å². The molecule has 110 valence electrons. The van der Waals surface area contributed by atoms with Crippen molar-refractivity contribution in [3.8, 4) is 0 Å². The second kappa shape index (κ2) is 4.99. The highest BCUT2D eigenvalue weighted by atomic mass is 32.2. The number of aromatic nitrogens is 2. The van der Waals surface area contributed by atoms with E-state index in [0.717, 1.165) is 12.8 Å². The average molecular weight is 316 g/mol. The Balaban J connectivity index is 2.03. The lowest BCUT2D eigenvalue weighted by molar-refractivity contribution is 0.0571. The highest BCUT2D eigenvalue weighted by Gasteiger charge is 2.34. The molecule has 2 aromatic rings. The van der Waals surface area contributed by atoms with E-state index in [2.05, 4.69) is 4.98 Å². The summed E-state index contributed by atoms with van der Waals surface area (Å²) in [5.41, 5.74) is 5.80. The Hall–Kier alpha value is -1.16. The molecule has 3 rings (SSSR count). The highest BCUT2D eigenvalue weighted by Crippen LogP contribution is 2.28. The predicted molar refractivity (Wildman–Crippen MR) is 76.3 cm³/mol. The monoisotopic (exact) mass is 316 g/mol. The van der Waals surface area contributed by atoms with Crippen LogP contribution in [0.2, 0.25) is 0 Å². The molecule has 0 aromatic carbocycles. The van der Waals surface area contributed by atoms with Crippen molar-refractivity contribution in [2.75, 3.05) is 25.9 Å². The average Bonchev–Trinajstić information content (AvgIpc) is 2.98. The molecule has 0 aliphatic carbocycles. The largest absolute Gasteiger partial charge is 0.381 e. The van der Waals surface area contributed by atoms with Crippen LogP contribution in [-0.4, -0.2) is 48.4 Å². The number of ether oxygens (including phenoxy) is 1. The van der Waals surface area contributed by atoms with E-state index >= 15 is 0 Å². The lowest BCUT2D eigenvalue weighted by Crippen LogP contribution is -2.43. The summed E-state index contributed by atoms with van der Waals surface area (Å²) in [6.07, 6.45) is 3.26. The molecule has 1 fully saturated rings. The number of hydrogen-bond donors (Lipinski definition) is 1. The Morgan fingerprint density at radius 3 is 3.10 bits per heavy atom. The van der Waals surface area contributed by atoms with E-state index in [1.165, 1.54) is 20.0 Å². The van der Waals surface area contributed by atoms with Crippen LogP contribution < -0.4 is 5.73 Å². The minimum atomic E-state index is -3.65. The van der Waals surface area contributed by atoms with Crippen molar-refractivity contribution < 1.29 is 13.2 Å². The van der Waals surface area contributed by atoms with E-state index in [4.69, 9.17) is 10.5 Å². The Labute approximate surface area is 121 Å². The number of anilines is 1.